The van der Waals surface area contributed by atoms with E-state index in [0.717, 1.165) is 10.4 Å². The van der Waals surface area contributed by atoms with Crippen LogP contribution in [0.15, 0.2) is 47.8 Å². The van der Waals surface area contributed by atoms with E-state index in [9.17, 15) is 14.4 Å². The predicted molar refractivity (Wildman–Crippen MR) is 112 cm³/mol. The summed E-state index contributed by atoms with van der Waals surface area (Å²) in [5, 5.41) is 4.57. The Morgan fingerprint density at radius 1 is 1.21 bits per heavy atom. The van der Waals surface area contributed by atoms with Crippen LogP contribution in [0.2, 0.25) is 0 Å². The van der Waals surface area contributed by atoms with Gasteiger partial charge >= 0.3 is 0 Å². The first kappa shape index (κ1) is 20.6. The van der Waals surface area contributed by atoms with Crippen molar-refractivity contribution >= 4 is 29.1 Å². The number of carbonyl (C=O) groups excluding carboxylic acids is 3. The van der Waals surface area contributed by atoms with Crippen LogP contribution in [0.3, 0.4) is 0 Å². The minimum Gasteiger partial charge on any atom is -0.345 e. The van der Waals surface area contributed by atoms with Crippen molar-refractivity contribution in [2.24, 2.45) is 0 Å². The van der Waals surface area contributed by atoms with E-state index in [4.69, 9.17) is 6.42 Å². The topological polar surface area (TPSA) is 69.7 Å². The maximum Gasteiger partial charge on any atom is 0.246 e. The highest BCUT2D eigenvalue weighted by Gasteiger charge is 2.40. The number of hydrogen-bond acceptors (Lipinski definition) is 4. The number of rotatable bonds is 8. The first-order valence-corrected chi connectivity index (χ1v) is 10.3. The van der Waals surface area contributed by atoms with E-state index in [1.165, 1.54) is 4.90 Å². The fourth-order valence-corrected chi connectivity index (χ4v) is 4.05. The van der Waals surface area contributed by atoms with Crippen LogP contribution in [0.1, 0.15) is 16.9 Å². The lowest BCUT2D eigenvalue weighted by molar-refractivity contribution is -0.157. The summed E-state index contributed by atoms with van der Waals surface area (Å²) in [6.45, 7) is 0.848. The van der Waals surface area contributed by atoms with Gasteiger partial charge in [-0.05, 0) is 23.4 Å². The van der Waals surface area contributed by atoms with Gasteiger partial charge < -0.3 is 15.1 Å². The second-order valence-corrected chi connectivity index (χ2v) is 7.83. The molecule has 0 saturated carbocycles. The van der Waals surface area contributed by atoms with Gasteiger partial charge in [-0.1, -0.05) is 42.3 Å². The molecular formula is C22H23N3O3S. The van der Waals surface area contributed by atoms with Gasteiger partial charge in [0.15, 0.2) is 0 Å². The molecule has 3 amide bonds. The smallest absolute Gasteiger partial charge is 0.246 e. The Bertz CT molecular complexity index is 890. The van der Waals surface area contributed by atoms with Crippen LogP contribution >= 0.6 is 11.3 Å². The van der Waals surface area contributed by atoms with Crippen LogP contribution in [0, 0.1) is 12.3 Å². The van der Waals surface area contributed by atoms with Crippen molar-refractivity contribution in [2.45, 2.75) is 25.4 Å². The zero-order valence-corrected chi connectivity index (χ0v) is 16.9. The molecule has 0 spiro atoms. The van der Waals surface area contributed by atoms with Crippen LogP contribution in [-0.4, -0.2) is 53.2 Å². The molecule has 1 unspecified atom stereocenters. The lowest BCUT2D eigenvalue weighted by Crippen LogP contribution is -2.60. The van der Waals surface area contributed by atoms with Crippen molar-refractivity contribution in [1.29, 1.82) is 0 Å². The Kier molecular flexibility index (Phi) is 7.04. The highest BCUT2D eigenvalue weighted by Crippen LogP contribution is 2.20. The molecule has 3 rings (SSSR count). The Balaban J connectivity index is 1.75. The molecule has 1 aromatic carbocycles. The number of carbonyl (C=O) groups is 3. The lowest BCUT2D eigenvalue weighted by atomic mass is 10.0. The largest absolute Gasteiger partial charge is 0.345 e. The van der Waals surface area contributed by atoms with E-state index < -0.39 is 6.04 Å². The van der Waals surface area contributed by atoms with Gasteiger partial charge in [0.25, 0.3) is 0 Å². The van der Waals surface area contributed by atoms with Crippen molar-refractivity contribution in [3.63, 3.8) is 0 Å². The lowest BCUT2D eigenvalue weighted by Gasteiger charge is -2.40. The monoisotopic (exact) mass is 409 g/mol. The summed E-state index contributed by atoms with van der Waals surface area (Å²) in [6, 6.07) is 12.6. The summed E-state index contributed by atoms with van der Waals surface area (Å²) in [4.78, 5) is 42.5. The number of thiophene rings is 1. The summed E-state index contributed by atoms with van der Waals surface area (Å²) in [5.41, 5.74) is 0.941. The van der Waals surface area contributed by atoms with Gasteiger partial charge in [0, 0.05) is 18.0 Å². The molecule has 7 heteroatoms. The molecule has 6 nitrogen and oxygen atoms in total. The minimum absolute atomic E-state index is 0.0145. The van der Waals surface area contributed by atoms with E-state index in [1.807, 2.05) is 47.8 Å². The maximum absolute atomic E-state index is 13.2. The molecule has 2 heterocycles. The Morgan fingerprint density at radius 2 is 2.00 bits per heavy atom. The third-order valence-electron chi connectivity index (χ3n) is 4.78. The highest BCUT2D eigenvalue weighted by atomic mass is 32.1. The standard InChI is InChI=1S/C22H23N3O3S/c1-2-11-23-20(26)14-19-22(28)24(15-17-7-4-3-5-8-17)16-21(27)25(19)12-10-18-9-6-13-29-18/h1,3-9,13,19H,10-12,14-16H2,(H,23,26). The molecular weight excluding hydrogens is 386 g/mol. The molecule has 29 heavy (non-hydrogen) atoms. The van der Waals surface area contributed by atoms with Gasteiger partial charge in [-0.2, -0.15) is 0 Å². The zero-order valence-electron chi connectivity index (χ0n) is 16.0. The number of nitrogens with zero attached hydrogens (tertiary/aromatic N) is 2. The molecule has 1 fully saturated rings. The van der Waals surface area contributed by atoms with Crippen LogP contribution in [0.25, 0.3) is 0 Å². The van der Waals surface area contributed by atoms with Gasteiger partial charge in [0.05, 0.1) is 13.0 Å². The van der Waals surface area contributed by atoms with Crippen molar-refractivity contribution in [3.05, 3.63) is 58.3 Å². The van der Waals surface area contributed by atoms with Crippen molar-refractivity contribution in [2.75, 3.05) is 19.6 Å². The predicted octanol–water partition coefficient (Wildman–Crippen LogP) is 1.67. The van der Waals surface area contributed by atoms with Crippen LogP contribution < -0.4 is 5.32 Å². The van der Waals surface area contributed by atoms with Crippen molar-refractivity contribution < 1.29 is 14.4 Å². The first-order chi connectivity index (χ1) is 14.1. The third-order valence-corrected chi connectivity index (χ3v) is 5.72. The normalized spacial score (nSPS) is 16.6. The second kappa shape index (κ2) is 9.89. The van der Waals surface area contributed by atoms with Crippen molar-refractivity contribution in [1.82, 2.24) is 15.1 Å². The van der Waals surface area contributed by atoms with E-state index in [-0.39, 0.29) is 37.2 Å². The quantitative estimate of drug-likeness (QED) is 0.675. The molecule has 1 saturated heterocycles. The molecule has 1 N–H and O–H groups in total. The molecule has 2 aromatic rings. The minimum atomic E-state index is -0.822. The first-order valence-electron chi connectivity index (χ1n) is 9.43. The number of benzene rings is 1. The SMILES string of the molecule is C#CCNC(=O)CC1C(=O)N(Cc2ccccc2)CC(=O)N1CCc1cccs1. The number of amides is 3. The maximum atomic E-state index is 13.2. The zero-order chi connectivity index (χ0) is 20.6. The number of hydrogen-bond donors (Lipinski definition) is 1. The van der Waals surface area contributed by atoms with Gasteiger partial charge in [0.2, 0.25) is 17.7 Å². The third kappa shape index (κ3) is 5.46. The van der Waals surface area contributed by atoms with Gasteiger partial charge in [-0.15, -0.1) is 17.8 Å². The Hall–Kier alpha value is -3.11. The summed E-state index contributed by atoms with van der Waals surface area (Å²) in [6.07, 6.45) is 5.75. The average Bonchev–Trinajstić information content (AvgIpc) is 3.24. The highest BCUT2D eigenvalue weighted by molar-refractivity contribution is 7.09. The van der Waals surface area contributed by atoms with Crippen LogP contribution in [0.4, 0.5) is 0 Å². The molecule has 0 radical (unpaired) electrons. The van der Waals surface area contributed by atoms with E-state index in [0.29, 0.717) is 19.5 Å². The number of piperazine rings is 1. The van der Waals surface area contributed by atoms with Crippen LogP contribution in [-0.2, 0) is 27.3 Å². The summed E-state index contributed by atoms with van der Waals surface area (Å²) in [7, 11) is 0. The van der Waals surface area contributed by atoms with Gasteiger partial charge in [0.1, 0.15) is 12.6 Å². The average molecular weight is 410 g/mol. The molecule has 150 valence electrons. The second-order valence-electron chi connectivity index (χ2n) is 6.80. The summed E-state index contributed by atoms with van der Waals surface area (Å²) >= 11 is 1.61. The molecule has 0 bridgehead atoms. The van der Waals surface area contributed by atoms with Gasteiger partial charge in [-0.25, -0.2) is 0 Å². The number of terminal acetylenes is 1. The number of nitrogens with one attached hydrogen (secondary N) is 1. The summed E-state index contributed by atoms with van der Waals surface area (Å²) < 4.78 is 0. The summed E-state index contributed by atoms with van der Waals surface area (Å²) in [5.74, 6) is 1.65. The van der Waals surface area contributed by atoms with Gasteiger partial charge in [-0.3, -0.25) is 14.4 Å². The van der Waals surface area contributed by atoms with Crippen LogP contribution in [0.5, 0.6) is 0 Å². The van der Waals surface area contributed by atoms with E-state index in [2.05, 4.69) is 11.2 Å². The molecule has 0 aliphatic carbocycles. The Labute approximate surface area is 174 Å². The molecule has 1 atom stereocenters. The molecule has 1 aromatic heterocycles. The molecule has 1 aliphatic rings. The Morgan fingerprint density at radius 3 is 2.69 bits per heavy atom. The molecule has 1 aliphatic heterocycles. The fourth-order valence-electron chi connectivity index (χ4n) is 3.35. The van der Waals surface area contributed by atoms with E-state index >= 15 is 0 Å². The fraction of sp³-hybridized carbons (Fsp3) is 0.318. The van der Waals surface area contributed by atoms with Crippen molar-refractivity contribution in [3.8, 4) is 12.3 Å². The van der Waals surface area contributed by atoms with E-state index in [1.54, 1.807) is 16.2 Å².